The van der Waals surface area contributed by atoms with Crippen molar-refractivity contribution in [1.29, 1.82) is 0 Å². The summed E-state index contributed by atoms with van der Waals surface area (Å²) in [4.78, 5) is 0. The normalized spacial score (nSPS) is 12.2. The van der Waals surface area contributed by atoms with Crippen LogP contribution in [0.4, 0.5) is 0 Å². The smallest absolute Gasteiger partial charge is 0.123 e. The van der Waals surface area contributed by atoms with Gasteiger partial charge in [0.1, 0.15) is 5.75 Å². The number of halogens is 1. The zero-order valence-corrected chi connectivity index (χ0v) is 12.4. The molecule has 3 N–H and O–H groups in total. The van der Waals surface area contributed by atoms with Crippen LogP contribution in [0.25, 0.3) is 0 Å². The van der Waals surface area contributed by atoms with E-state index in [0.717, 1.165) is 22.8 Å². The molecule has 4 heteroatoms. The number of hydrazine groups is 1. The predicted octanol–water partition coefficient (Wildman–Crippen LogP) is 3.40. The quantitative estimate of drug-likeness (QED) is 0.655. The van der Waals surface area contributed by atoms with Crippen molar-refractivity contribution in [3.8, 4) is 5.75 Å². The van der Waals surface area contributed by atoms with Crippen LogP contribution < -0.4 is 16.0 Å². The average molecular weight is 291 g/mol. The predicted molar refractivity (Wildman–Crippen MR) is 83.0 cm³/mol. The molecule has 2 aromatic carbocycles. The van der Waals surface area contributed by atoms with Gasteiger partial charge in [0.25, 0.3) is 0 Å². The minimum atomic E-state index is -0.00831. The summed E-state index contributed by atoms with van der Waals surface area (Å²) in [5, 5.41) is 0.735. The van der Waals surface area contributed by atoms with Crippen LogP contribution in [0.1, 0.15) is 22.7 Å². The second-order valence-electron chi connectivity index (χ2n) is 4.80. The van der Waals surface area contributed by atoms with Crippen molar-refractivity contribution < 1.29 is 4.74 Å². The molecule has 0 aliphatic rings. The molecule has 2 aromatic rings. The second kappa shape index (κ2) is 6.75. The van der Waals surface area contributed by atoms with E-state index in [2.05, 4.69) is 18.4 Å². The van der Waals surface area contributed by atoms with Gasteiger partial charge in [-0.2, -0.15) is 0 Å². The largest absolute Gasteiger partial charge is 0.496 e. The molecule has 2 rings (SSSR count). The van der Waals surface area contributed by atoms with E-state index in [4.69, 9.17) is 22.2 Å². The minimum absolute atomic E-state index is 0.00831. The summed E-state index contributed by atoms with van der Waals surface area (Å²) in [6.45, 7) is 2.05. The van der Waals surface area contributed by atoms with Gasteiger partial charge in [0.2, 0.25) is 0 Å². The summed E-state index contributed by atoms with van der Waals surface area (Å²) in [6.07, 6.45) is 0.771. The highest BCUT2D eigenvalue weighted by Gasteiger charge is 2.15. The molecule has 0 heterocycles. The van der Waals surface area contributed by atoms with E-state index in [9.17, 15) is 0 Å². The van der Waals surface area contributed by atoms with Crippen LogP contribution >= 0.6 is 11.6 Å². The maximum atomic E-state index is 5.91. The van der Waals surface area contributed by atoms with E-state index in [-0.39, 0.29) is 6.04 Å². The fraction of sp³-hybridized carbons (Fsp3) is 0.250. The summed E-state index contributed by atoms with van der Waals surface area (Å²) < 4.78 is 5.42. The highest BCUT2D eigenvalue weighted by molar-refractivity contribution is 6.30. The van der Waals surface area contributed by atoms with Crippen molar-refractivity contribution in [3.05, 3.63) is 64.2 Å². The SMILES string of the molecule is COc1ccc(C)cc1C(Cc1ccc(Cl)cc1)NN. The van der Waals surface area contributed by atoms with Crippen LogP contribution in [-0.2, 0) is 6.42 Å². The zero-order chi connectivity index (χ0) is 14.5. The van der Waals surface area contributed by atoms with E-state index in [1.807, 2.05) is 36.4 Å². The Labute approximate surface area is 124 Å². The first kappa shape index (κ1) is 14.9. The molecule has 0 amide bonds. The number of nitrogens with two attached hydrogens (primary N) is 1. The van der Waals surface area contributed by atoms with E-state index in [1.54, 1.807) is 7.11 Å². The van der Waals surface area contributed by atoms with Crippen molar-refractivity contribution in [2.45, 2.75) is 19.4 Å². The topological polar surface area (TPSA) is 47.3 Å². The van der Waals surface area contributed by atoms with Gasteiger partial charge >= 0.3 is 0 Å². The van der Waals surface area contributed by atoms with Crippen LogP contribution in [0, 0.1) is 6.92 Å². The highest BCUT2D eigenvalue weighted by Crippen LogP contribution is 2.28. The average Bonchev–Trinajstić information content (AvgIpc) is 2.46. The van der Waals surface area contributed by atoms with Crippen molar-refractivity contribution in [2.24, 2.45) is 5.84 Å². The summed E-state index contributed by atoms with van der Waals surface area (Å²) >= 11 is 5.91. The van der Waals surface area contributed by atoms with Crippen LogP contribution in [0.2, 0.25) is 5.02 Å². The monoisotopic (exact) mass is 290 g/mol. The molecule has 1 atom stereocenters. The maximum absolute atomic E-state index is 5.91. The Morgan fingerprint density at radius 2 is 1.90 bits per heavy atom. The molecule has 20 heavy (non-hydrogen) atoms. The van der Waals surface area contributed by atoms with Gasteiger partial charge in [0.15, 0.2) is 0 Å². The molecule has 0 saturated carbocycles. The summed E-state index contributed by atoms with van der Waals surface area (Å²) in [6, 6.07) is 13.9. The Bertz CT molecular complexity index is 569. The Hall–Kier alpha value is -1.55. The van der Waals surface area contributed by atoms with Gasteiger partial charge in [-0.3, -0.25) is 11.3 Å². The number of rotatable bonds is 5. The first-order valence-electron chi connectivity index (χ1n) is 6.49. The fourth-order valence-corrected chi connectivity index (χ4v) is 2.37. The molecule has 3 nitrogen and oxygen atoms in total. The molecule has 0 aliphatic carbocycles. The number of benzene rings is 2. The van der Waals surface area contributed by atoms with Crippen molar-refractivity contribution in [3.63, 3.8) is 0 Å². The molecule has 0 aliphatic heterocycles. The summed E-state index contributed by atoms with van der Waals surface area (Å²) in [5.74, 6) is 6.56. The highest BCUT2D eigenvalue weighted by atomic mass is 35.5. The zero-order valence-electron chi connectivity index (χ0n) is 11.7. The van der Waals surface area contributed by atoms with Crippen molar-refractivity contribution >= 4 is 11.6 Å². The summed E-state index contributed by atoms with van der Waals surface area (Å²) in [5.41, 5.74) is 6.28. The Morgan fingerprint density at radius 1 is 1.20 bits per heavy atom. The Balaban J connectivity index is 2.28. The van der Waals surface area contributed by atoms with Gasteiger partial charge < -0.3 is 4.74 Å². The Kier molecular flexibility index (Phi) is 5.01. The third-order valence-electron chi connectivity index (χ3n) is 3.31. The van der Waals surface area contributed by atoms with Crippen LogP contribution in [0.3, 0.4) is 0 Å². The van der Waals surface area contributed by atoms with Gasteiger partial charge in [-0.15, -0.1) is 0 Å². The molecule has 1 unspecified atom stereocenters. The van der Waals surface area contributed by atoms with E-state index in [0.29, 0.717) is 0 Å². The van der Waals surface area contributed by atoms with Crippen molar-refractivity contribution in [2.75, 3.05) is 7.11 Å². The molecular weight excluding hydrogens is 272 g/mol. The molecule has 0 spiro atoms. The first-order valence-corrected chi connectivity index (χ1v) is 6.87. The maximum Gasteiger partial charge on any atom is 0.123 e. The standard InChI is InChI=1S/C16H19ClN2O/c1-11-3-8-16(20-2)14(9-11)15(19-18)10-12-4-6-13(17)7-5-12/h3-9,15,19H,10,18H2,1-2H3. The number of aryl methyl sites for hydroxylation is 1. The molecule has 0 aromatic heterocycles. The van der Waals surface area contributed by atoms with Gasteiger partial charge in [-0.25, -0.2) is 0 Å². The van der Waals surface area contributed by atoms with Gasteiger partial charge in [0.05, 0.1) is 13.2 Å². The van der Waals surface area contributed by atoms with E-state index < -0.39 is 0 Å². The molecule has 0 fully saturated rings. The number of ether oxygens (including phenoxy) is 1. The number of nitrogens with one attached hydrogen (secondary N) is 1. The first-order chi connectivity index (χ1) is 9.63. The lowest BCUT2D eigenvalue weighted by Crippen LogP contribution is -2.30. The number of hydrogen-bond acceptors (Lipinski definition) is 3. The molecule has 0 radical (unpaired) electrons. The molecule has 106 valence electrons. The fourth-order valence-electron chi connectivity index (χ4n) is 2.24. The number of hydrogen-bond donors (Lipinski definition) is 2. The van der Waals surface area contributed by atoms with Crippen LogP contribution in [0.15, 0.2) is 42.5 Å². The molecule has 0 saturated heterocycles. The second-order valence-corrected chi connectivity index (χ2v) is 5.23. The van der Waals surface area contributed by atoms with Crippen LogP contribution in [-0.4, -0.2) is 7.11 Å². The van der Waals surface area contributed by atoms with E-state index in [1.165, 1.54) is 11.1 Å². The van der Waals surface area contributed by atoms with Crippen molar-refractivity contribution in [1.82, 2.24) is 5.43 Å². The van der Waals surface area contributed by atoms with E-state index >= 15 is 0 Å². The van der Waals surface area contributed by atoms with Gasteiger partial charge in [0, 0.05) is 10.6 Å². The lowest BCUT2D eigenvalue weighted by atomic mass is 9.97. The third kappa shape index (κ3) is 3.51. The summed E-state index contributed by atoms with van der Waals surface area (Å²) in [7, 11) is 1.67. The molecular formula is C16H19ClN2O. The van der Waals surface area contributed by atoms with Gasteiger partial charge in [-0.1, -0.05) is 41.4 Å². The number of methoxy groups -OCH3 is 1. The lowest BCUT2D eigenvalue weighted by Gasteiger charge is -2.20. The lowest BCUT2D eigenvalue weighted by molar-refractivity contribution is 0.399. The minimum Gasteiger partial charge on any atom is -0.496 e. The molecule has 0 bridgehead atoms. The third-order valence-corrected chi connectivity index (χ3v) is 3.57. The van der Waals surface area contributed by atoms with Crippen LogP contribution in [0.5, 0.6) is 5.75 Å². The van der Waals surface area contributed by atoms with Gasteiger partial charge in [-0.05, 0) is 37.1 Å². The Morgan fingerprint density at radius 3 is 2.50 bits per heavy atom.